The van der Waals surface area contributed by atoms with E-state index in [-0.39, 0.29) is 18.7 Å². The second kappa shape index (κ2) is 16.0. The molecule has 1 aliphatic rings. The second-order valence-electron chi connectivity index (χ2n) is 12.1. The molecule has 0 radical (unpaired) electrons. The Morgan fingerprint density at radius 3 is 2.61 bits per heavy atom. The maximum Gasteiger partial charge on any atom is 0.280 e. The predicted molar refractivity (Wildman–Crippen MR) is 193 cm³/mol. The molecule has 0 bridgehead atoms. The number of nitrogens with two attached hydrogens (primary N) is 1. The molecule has 51 heavy (non-hydrogen) atoms. The molecule has 2 aromatic heterocycles. The Bertz CT molecular complexity index is 2110. The largest absolute Gasteiger partial charge is 0.491 e. The Labute approximate surface area is 293 Å². The fourth-order valence-electron chi connectivity index (χ4n) is 5.82. The van der Waals surface area contributed by atoms with Crippen LogP contribution in [0.5, 0.6) is 5.75 Å². The van der Waals surface area contributed by atoms with E-state index < -0.39 is 23.1 Å². The molecule has 1 saturated heterocycles. The molecule has 3 aromatic carbocycles. The molecule has 6 rings (SSSR count). The summed E-state index contributed by atoms with van der Waals surface area (Å²) in [4.78, 5) is 37.9. The summed E-state index contributed by atoms with van der Waals surface area (Å²) in [6.45, 7) is 5.83. The van der Waals surface area contributed by atoms with Crippen LogP contribution in [0.2, 0.25) is 0 Å². The number of nitrogens with one attached hydrogen (secondary N) is 2. The molecule has 14 heteroatoms. The molecule has 266 valence electrons. The van der Waals surface area contributed by atoms with Crippen molar-refractivity contribution < 1.29 is 23.0 Å². The molecule has 0 aliphatic carbocycles. The highest BCUT2D eigenvalue weighted by molar-refractivity contribution is 5.95. The normalized spacial score (nSPS) is 13.2. The highest BCUT2D eigenvalue weighted by Gasteiger charge is 2.21. The Kier molecular flexibility index (Phi) is 11.0. The molecule has 0 atom stereocenters. The maximum absolute atomic E-state index is 13.7. The summed E-state index contributed by atoms with van der Waals surface area (Å²) in [6.07, 6.45) is 5.99. The first-order valence-corrected chi connectivity index (χ1v) is 16.7. The van der Waals surface area contributed by atoms with Crippen molar-refractivity contribution in [2.75, 3.05) is 56.2 Å². The molecule has 1 amide bonds. The number of morpholine rings is 1. The molecule has 5 aromatic rings. The Balaban J connectivity index is 1.14. The van der Waals surface area contributed by atoms with Gasteiger partial charge in [0.05, 0.1) is 26.4 Å². The fourth-order valence-corrected chi connectivity index (χ4v) is 5.82. The van der Waals surface area contributed by atoms with Gasteiger partial charge < -0.3 is 30.7 Å². The van der Waals surface area contributed by atoms with Crippen molar-refractivity contribution >= 4 is 40.2 Å². The standard InChI is InChI=1S/C37H40F2N8O4/c1-24-33(36(49)47(45(24)2)23-26-6-11-30(38)31(39)20-26)35(48)41-13-3-5-25-19-27-22-42-37(44-34(27)32(21-25)51-16-4-12-40)43-28-7-9-29(10-8-28)46-14-17-50-18-15-46/h3,5-11,19-22H,4,12-18,23,40H2,1-2H3,(H,41,48)(H,42,43,44)/b5-3+. The SMILES string of the molecule is Cc1c(C(=O)NC/C=C/c2cc(OCCCN)c3nc(Nc4ccc(N5CCOCC5)cc4)ncc3c2)c(=O)n(Cc2ccc(F)c(F)c2)n1C. The van der Waals surface area contributed by atoms with Gasteiger partial charge in [0.1, 0.15) is 16.8 Å². The number of carbonyl (C=O) groups excluding carboxylic acids is 1. The summed E-state index contributed by atoms with van der Waals surface area (Å²) in [5.74, 6) is -1.53. The zero-order valence-corrected chi connectivity index (χ0v) is 28.5. The van der Waals surface area contributed by atoms with E-state index in [2.05, 4.69) is 32.7 Å². The molecule has 0 saturated carbocycles. The monoisotopic (exact) mass is 698 g/mol. The summed E-state index contributed by atoms with van der Waals surface area (Å²) in [5.41, 5.74) is 9.40. The topological polar surface area (TPSA) is 142 Å². The van der Waals surface area contributed by atoms with E-state index in [4.69, 9.17) is 20.2 Å². The Morgan fingerprint density at radius 1 is 1.08 bits per heavy atom. The molecule has 1 fully saturated rings. The zero-order chi connectivity index (χ0) is 35.9. The summed E-state index contributed by atoms with van der Waals surface area (Å²) in [5, 5.41) is 6.81. The summed E-state index contributed by atoms with van der Waals surface area (Å²) >= 11 is 0. The van der Waals surface area contributed by atoms with Gasteiger partial charge >= 0.3 is 0 Å². The minimum absolute atomic E-state index is 0.0237. The number of aromatic nitrogens is 4. The van der Waals surface area contributed by atoms with E-state index in [1.54, 1.807) is 26.2 Å². The van der Waals surface area contributed by atoms with Crippen LogP contribution in [0.1, 0.15) is 33.6 Å². The van der Waals surface area contributed by atoms with E-state index >= 15 is 0 Å². The second-order valence-corrected chi connectivity index (χ2v) is 12.1. The number of amides is 1. The molecule has 12 nitrogen and oxygen atoms in total. The molecule has 1 aliphatic heterocycles. The molecule has 4 N–H and O–H groups in total. The maximum atomic E-state index is 13.7. The lowest BCUT2D eigenvalue weighted by Crippen LogP contribution is -2.36. The highest BCUT2D eigenvalue weighted by atomic mass is 19.2. The van der Waals surface area contributed by atoms with Gasteiger partial charge in [0.15, 0.2) is 11.6 Å². The molecule has 0 unspecified atom stereocenters. The average Bonchev–Trinajstić information content (AvgIpc) is 3.35. The minimum atomic E-state index is -1.01. The Hall–Kier alpha value is -5.60. The Morgan fingerprint density at radius 2 is 1.86 bits per heavy atom. The minimum Gasteiger partial charge on any atom is -0.491 e. The first-order chi connectivity index (χ1) is 24.7. The van der Waals surface area contributed by atoms with Gasteiger partial charge in [0.2, 0.25) is 5.95 Å². The van der Waals surface area contributed by atoms with Gasteiger partial charge in [-0.3, -0.25) is 14.3 Å². The smallest absolute Gasteiger partial charge is 0.280 e. The number of carbonyl (C=O) groups is 1. The van der Waals surface area contributed by atoms with Crippen LogP contribution in [0, 0.1) is 18.6 Å². The lowest BCUT2D eigenvalue weighted by molar-refractivity contribution is 0.0956. The number of hydrogen-bond acceptors (Lipinski definition) is 9. The van der Waals surface area contributed by atoms with E-state index in [0.717, 1.165) is 60.8 Å². The number of fused-ring (bicyclic) bond motifs is 1. The lowest BCUT2D eigenvalue weighted by atomic mass is 10.1. The van der Waals surface area contributed by atoms with E-state index in [1.807, 2.05) is 30.3 Å². The zero-order valence-electron chi connectivity index (χ0n) is 28.5. The third kappa shape index (κ3) is 8.24. The van der Waals surface area contributed by atoms with Crippen molar-refractivity contribution in [3.63, 3.8) is 0 Å². The number of halogens is 2. The van der Waals surface area contributed by atoms with Crippen molar-refractivity contribution in [2.45, 2.75) is 19.9 Å². The van der Waals surface area contributed by atoms with Gasteiger partial charge in [0.25, 0.3) is 11.5 Å². The van der Waals surface area contributed by atoms with Gasteiger partial charge in [-0.1, -0.05) is 18.2 Å². The summed E-state index contributed by atoms with van der Waals surface area (Å²) in [7, 11) is 1.63. The van der Waals surface area contributed by atoms with Crippen molar-refractivity contribution in [3.05, 3.63) is 111 Å². The van der Waals surface area contributed by atoms with Crippen LogP contribution in [0.25, 0.3) is 17.0 Å². The molecular formula is C37H40F2N8O4. The number of benzene rings is 3. The number of nitrogens with zero attached hydrogens (tertiary/aromatic N) is 5. The van der Waals surface area contributed by atoms with Gasteiger partial charge in [0, 0.05) is 55.3 Å². The number of rotatable bonds is 13. The number of anilines is 3. The van der Waals surface area contributed by atoms with Crippen LogP contribution in [0.3, 0.4) is 0 Å². The van der Waals surface area contributed by atoms with Crippen molar-refractivity contribution in [1.29, 1.82) is 0 Å². The van der Waals surface area contributed by atoms with Gasteiger partial charge in [-0.25, -0.2) is 23.4 Å². The molecular weight excluding hydrogens is 658 g/mol. The average molecular weight is 699 g/mol. The van der Waals surface area contributed by atoms with E-state index in [9.17, 15) is 18.4 Å². The fraction of sp³-hybridized carbons (Fsp3) is 0.297. The molecule has 0 spiro atoms. The lowest BCUT2D eigenvalue weighted by Gasteiger charge is -2.28. The van der Waals surface area contributed by atoms with Crippen molar-refractivity contribution in [3.8, 4) is 5.75 Å². The van der Waals surface area contributed by atoms with Crippen LogP contribution < -0.4 is 31.6 Å². The van der Waals surface area contributed by atoms with Gasteiger partial charge in [-0.05, 0) is 79.5 Å². The summed E-state index contributed by atoms with van der Waals surface area (Å²) < 4.78 is 41.5. The van der Waals surface area contributed by atoms with Crippen LogP contribution in [0.4, 0.5) is 26.1 Å². The third-order valence-electron chi connectivity index (χ3n) is 8.67. The highest BCUT2D eigenvalue weighted by Crippen LogP contribution is 2.29. The summed E-state index contributed by atoms with van der Waals surface area (Å²) in [6, 6.07) is 15.3. The van der Waals surface area contributed by atoms with E-state index in [1.165, 1.54) is 15.4 Å². The van der Waals surface area contributed by atoms with Crippen LogP contribution in [-0.4, -0.2) is 71.2 Å². The predicted octanol–water partition coefficient (Wildman–Crippen LogP) is 4.52. The number of ether oxygens (including phenoxy) is 2. The first kappa shape index (κ1) is 35.2. The van der Waals surface area contributed by atoms with Gasteiger partial charge in [-0.15, -0.1) is 0 Å². The molecule has 3 heterocycles. The van der Waals surface area contributed by atoms with Gasteiger partial charge in [-0.2, -0.15) is 0 Å². The van der Waals surface area contributed by atoms with Crippen LogP contribution >= 0.6 is 0 Å². The quantitative estimate of drug-likeness (QED) is 0.152. The van der Waals surface area contributed by atoms with Crippen molar-refractivity contribution in [1.82, 2.24) is 24.6 Å². The first-order valence-electron chi connectivity index (χ1n) is 16.7. The third-order valence-corrected chi connectivity index (χ3v) is 8.67. The van der Waals surface area contributed by atoms with E-state index in [0.29, 0.717) is 48.0 Å². The van der Waals surface area contributed by atoms with Crippen LogP contribution in [-0.2, 0) is 18.3 Å². The van der Waals surface area contributed by atoms with Crippen molar-refractivity contribution in [2.24, 2.45) is 12.8 Å². The van der Waals surface area contributed by atoms with Crippen LogP contribution in [0.15, 0.2) is 71.7 Å². The number of hydrogen-bond donors (Lipinski definition) is 3.